The van der Waals surface area contributed by atoms with Crippen LogP contribution in [-0.2, 0) is 6.54 Å². The van der Waals surface area contributed by atoms with E-state index in [1.165, 1.54) is 11.3 Å². The van der Waals surface area contributed by atoms with Crippen LogP contribution in [-0.4, -0.2) is 21.1 Å². The predicted octanol–water partition coefficient (Wildman–Crippen LogP) is 3.87. The second-order valence-electron chi connectivity index (χ2n) is 6.24. The number of hydrogen-bond donors (Lipinski definition) is 1. The third kappa shape index (κ3) is 3.52. The van der Waals surface area contributed by atoms with Gasteiger partial charge in [0.25, 0.3) is 5.91 Å². The van der Waals surface area contributed by atoms with Gasteiger partial charge in [0.05, 0.1) is 22.7 Å². The van der Waals surface area contributed by atoms with Gasteiger partial charge in [-0.25, -0.2) is 4.98 Å². The van der Waals surface area contributed by atoms with E-state index in [0.717, 1.165) is 16.9 Å². The molecule has 6 heteroatoms. The Hall–Kier alpha value is -3.25. The number of benzene rings is 1. The quantitative estimate of drug-likeness (QED) is 0.539. The molecule has 0 aliphatic rings. The molecule has 0 saturated heterocycles. The second kappa shape index (κ2) is 7.17. The highest BCUT2D eigenvalue weighted by Crippen LogP contribution is 2.18. The number of nitrogens with zero attached hydrogens (tertiary/aromatic N) is 2. The molecule has 4 aromatic rings. The minimum Gasteiger partial charge on any atom is -0.346 e. The molecule has 27 heavy (non-hydrogen) atoms. The van der Waals surface area contributed by atoms with Crippen LogP contribution in [0.3, 0.4) is 0 Å². The summed E-state index contributed by atoms with van der Waals surface area (Å²) in [5.41, 5.74) is 3.50. The fourth-order valence-corrected chi connectivity index (χ4v) is 3.60. The van der Waals surface area contributed by atoms with Gasteiger partial charge in [-0.3, -0.25) is 9.59 Å². The average molecular weight is 375 g/mol. The van der Waals surface area contributed by atoms with E-state index in [2.05, 4.69) is 10.3 Å². The summed E-state index contributed by atoms with van der Waals surface area (Å²) in [4.78, 5) is 30.5. The molecule has 0 atom stereocenters. The fourth-order valence-electron chi connectivity index (χ4n) is 2.93. The average Bonchev–Trinajstić information content (AvgIpc) is 3.34. The number of aromatic nitrogens is 2. The summed E-state index contributed by atoms with van der Waals surface area (Å²) < 4.78 is 1.94. The van der Waals surface area contributed by atoms with Crippen LogP contribution in [0.5, 0.6) is 0 Å². The molecular weight excluding hydrogens is 358 g/mol. The number of imidazole rings is 1. The zero-order valence-electron chi connectivity index (χ0n) is 14.7. The number of ketones is 1. The maximum Gasteiger partial charge on any atom is 0.252 e. The molecule has 0 spiro atoms. The van der Waals surface area contributed by atoms with Crippen LogP contribution < -0.4 is 5.32 Å². The Bertz CT molecular complexity index is 1130. The SMILES string of the molecule is Cc1ccc2nc(CNC(=O)c3ccccc3C(=O)c3cccs3)cn2c1. The van der Waals surface area contributed by atoms with Crippen LogP contribution in [0, 0.1) is 6.92 Å². The lowest BCUT2D eigenvalue weighted by molar-refractivity contribution is 0.0939. The molecule has 0 radical (unpaired) electrons. The molecule has 1 amide bonds. The van der Waals surface area contributed by atoms with E-state index in [9.17, 15) is 9.59 Å². The van der Waals surface area contributed by atoms with Gasteiger partial charge in [-0.1, -0.05) is 30.3 Å². The summed E-state index contributed by atoms with van der Waals surface area (Å²) in [5.74, 6) is -0.428. The summed E-state index contributed by atoms with van der Waals surface area (Å²) in [6.45, 7) is 2.31. The van der Waals surface area contributed by atoms with Crippen LogP contribution in [0.2, 0.25) is 0 Å². The monoisotopic (exact) mass is 375 g/mol. The molecule has 0 fully saturated rings. The molecule has 1 N–H and O–H groups in total. The number of hydrogen-bond acceptors (Lipinski definition) is 4. The molecule has 4 rings (SSSR count). The Labute approximate surface area is 160 Å². The normalized spacial score (nSPS) is 10.9. The Morgan fingerprint density at radius 2 is 1.85 bits per heavy atom. The van der Waals surface area contributed by atoms with Gasteiger partial charge in [0.1, 0.15) is 5.65 Å². The van der Waals surface area contributed by atoms with E-state index in [-0.39, 0.29) is 11.7 Å². The van der Waals surface area contributed by atoms with Gasteiger partial charge in [0.15, 0.2) is 0 Å². The standard InChI is InChI=1S/C21H17N3O2S/c1-14-8-9-19-23-15(13-24(19)12-14)11-22-21(26)17-6-3-2-5-16(17)20(25)18-7-4-10-27-18/h2-10,12-13H,11H2,1H3,(H,22,26). The van der Waals surface area contributed by atoms with Crippen molar-refractivity contribution in [2.24, 2.45) is 0 Å². The lowest BCUT2D eigenvalue weighted by Crippen LogP contribution is -2.25. The molecule has 0 unspecified atom stereocenters. The van der Waals surface area contributed by atoms with Gasteiger partial charge in [0.2, 0.25) is 5.78 Å². The number of nitrogens with one attached hydrogen (secondary N) is 1. The van der Waals surface area contributed by atoms with E-state index >= 15 is 0 Å². The van der Waals surface area contributed by atoms with Crippen LogP contribution in [0.15, 0.2) is 66.3 Å². The number of fused-ring (bicyclic) bond motifs is 1. The number of rotatable bonds is 5. The molecular formula is C21H17N3O2S. The third-order valence-corrected chi connectivity index (χ3v) is 5.11. The van der Waals surface area contributed by atoms with Crippen molar-refractivity contribution >= 4 is 28.7 Å². The highest BCUT2D eigenvalue weighted by atomic mass is 32.1. The van der Waals surface area contributed by atoms with E-state index in [0.29, 0.717) is 22.5 Å². The van der Waals surface area contributed by atoms with Crippen LogP contribution in [0.4, 0.5) is 0 Å². The highest BCUT2D eigenvalue weighted by molar-refractivity contribution is 7.12. The number of carbonyl (C=O) groups is 2. The van der Waals surface area contributed by atoms with E-state index in [1.54, 1.807) is 30.3 Å². The largest absolute Gasteiger partial charge is 0.346 e. The van der Waals surface area contributed by atoms with Gasteiger partial charge in [-0.15, -0.1) is 11.3 Å². The van der Waals surface area contributed by atoms with Crippen molar-refractivity contribution in [2.75, 3.05) is 0 Å². The summed E-state index contributed by atoms with van der Waals surface area (Å²) in [6, 6.07) is 14.4. The second-order valence-corrected chi connectivity index (χ2v) is 7.19. The zero-order valence-corrected chi connectivity index (χ0v) is 15.5. The van der Waals surface area contributed by atoms with Crippen molar-refractivity contribution in [1.29, 1.82) is 0 Å². The van der Waals surface area contributed by atoms with Crippen molar-refractivity contribution in [3.8, 4) is 0 Å². The molecule has 5 nitrogen and oxygen atoms in total. The molecule has 0 bridgehead atoms. The lowest BCUT2D eigenvalue weighted by atomic mass is 10.0. The van der Waals surface area contributed by atoms with Crippen LogP contribution in [0.25, 0.3) is 5.65 Å². The van der Waals surface area contributed by atoms with Crippen LogP contribution in [0.1, 0.15) is 36.9 Å². The molecule has 0 saturated carbocycles. The number of carbonyl (C=O) groups excluding carboxylic acids is 2. The Kier molecular flexibility index (Phi) is 4.56. The number of amides is 1. The first-order valence-corrected chi connectivity index (χ1v) is 9.39. The maximum absolute atomic E-state index is 12.7. The minimum absolute atomic E-state index is 0.140. The summed E-state index contributed by atoms with van der Waals surface area (Å²) >= 11 is 1.37. The zero-order chi connectivity index (χ0) is 18.8. The predicted molar refractivity (Wildman–Crippen MR) is 105 cm³/mol. The summed E-state index contributed by atoms with van der Waals surface area (Å²) in [5, 5.41) is 4.72. The van der Waals surface area contributed by atoms with Crippen molar-refractivity contribution in [2.45, 2.75) is 13.5 Å². The molecule has 0 aliphatic heterocycles. The number of aryl methyl sites for hydroxylation is 1. The first-order valence-electron chi connectivity index (χ1n) is 8.51. The van der Waals surface area contributed by atoms with Gasteiger partial charge >= 0.3 is 0 Å². The van der Waals surface area contributed by atoms with Gasteiger partial charge in [-0.2, -0.15) is 0 Å². The smallest absolute Gasteiger partial charge is 0.252 e. The Morgan fingerprint density at radius 3 is 2.63 bits per heavy atom. The first kappa shape index (κ1) is 17.2. The molecule has 3 aromatic heterocycles. The molecule has 134 valence electrons. The van der Waals surface area contributed by atoms with Crippen molar-refractivity contribution < 1.29 is 9.59 Å². The first-order chi connectivity index (χ1) is 13.1. The molecule has 3 heterocycles. The Balaban J connectivity index is 1.53. The van der Waals surface area contributed by atoms with E-state index in [4.69, 9.17) is 0 Å². The topological polar surface area (TPSA) is 63.5 Å². The van der Waals surface area contributed by atoms with Gasteiger partial charge in [-0.05, 0) is 36.1 Å². The van der Waals surface area contributed by atoms with E-state index in [1.807, 2.05) is 47.3 Å². The van der Waals surface area contributed by atoms with Crippen molar-refractivity contribution in [3.05, 3.63) is 93.6 Å². The fraction of sp³-hybridized carbons (Fsp3) is 0.0952. The minimum atomic E-state index is -0.288. The van der Waals surface area contributed by atoms with Crippen molar-refractivity contribution in [3.63, 3.8) is 0 Å². The number of thiophene rings is 1. The maximum atomic E-state index is 12.7. The number of pyridine rings is 1. The third-order valence-electron chi connectivity index (χ3n) is 4.24. The molecule has 1 aromatic carbocycles. The Morgan fingerprint density at radius 1 is 1.04 bits per heavy atom. The van der Waals surface area contributed by atoms with Gasteiger partial charge in [0, 0.05) is 18.0 Å². The van der Waals surface area contributed by atoms with Gasteiger partial charge < -0.3 is 9.72 Å². The highest BCUT2D eigenvalue weighted by Gasteiger charge is 2.18. The van der Waals surface area contributed by atoms with Crippen molar-refractivity contribution in [1.82, 2.24) is 14.7 Å². The van der Waals surface area contributed by atoms with E-state index < -0.39 is 0 Å². The molecule has 0 aliphatic carbocycles. The van der Waals surface area contributed by atoms with Crippen LogP contribution >= 0.6 is 11.3 Å². The summed E-state index contributed by atoms with van der Waals surface area (Å²) in [7, 11) is 0. The summed E-state index contributed by atoms with van der Waals surface area (Å²) in [6.07, 6.45) is 3.88. The lowest BCUT2D eigenvalue weighted by Gasteiger charge is -2.08.